The van der Waals surface area contributed by atoms with Crippen LogP contribution in [0.15, 0.2) is 62.9 Å². The molecule has 3 aliphatic rings. The van der Waals surface area contributed by atoms with Crippen molar-refractivity contribution in [1.82, 2.24) is 15.5 Å². The van der Waals surface area contributed by atoms with Crippen molar-refractivity contribution >= 4 is 29.2 Å². The van der Waals surface area contributed by atoms with E-state index in [2.05, 4.69) is 35.5 Å². The highest BCUT2D eigenvalue weighted by molar-refractivity contribution is 8.03. The molecule has 158 valence electrons. The van der Waals surface area contributed by atoms with Crippen LogP contribution in [0.4, 0.5) is 0 Å². The number of amidine groups is 1. The number of nitrogens with zero attached hydrogens (tertiary/aromatic N) is 2. The molecule has 3 aliphatic heterocycles. The maximum Gasteiger partial charge on any atom is 0.139 e. The van der Waals surface area contributed by atoms with Crippen molar-refractivity contribution in [3.8, 4) is 0 Å². The molecule has 0 saturated carbocycles. The van der Waals surface area contributed by atoms with E-state index in [0.29, 0.717) is 0 Å². The summed E-state index contributed by atoms with van der Waals surface area (Å²) >= 11 is 8.16. The number of aliphatic imine (C=N–C) groups is 1. The molecule has 3 N–H and O–H groups in total. The van der Waals surface area contributed by atoms with Gasteiger partial charge in [0.1, 0.15) is 5.84 Å². The molecular weight excluding hydrogens is 404 g/mol. The molecule has 1 saturated heterocycles. The molecule has 0 amide bonds. The number of halogens is 1. The normalized spacial score (nSPS) is 24.4. The van der Waals surface area contributed by atoms with Crippen LogP contribution in [0.2, 0.25) is 0 Å². The number of aliphatic hydroxyl groups excluding tert-OH is 1. The van der Waals surface area contributed by atoms with Gasteiger partial charge >= 0.3 is 0 Å². The van der Waals surface area contributed by atoms with Gasteiger partial charge in [-0.3, -0.25) is 0 Å². The SMILES string of the molecule is C/C=C\C(Cl)C=CC1=C(C)NC2=C(C=C(C)CS2)C(N2CCNC(CCO)C2)=N1. The second kappa shape index (κ2) is 10.5. The quantitative estimate of drug-likeness (QED) is 0.456. The van der Waals surface area contributed by atoms with E-state index in [-0.39, 0.29) is 18.0 Å². The summed E-state index contributed by atoms with van der Waals surface area (Å²) in [5.74, 6) is 1.98. The molecule has 0 aromatic rings. The third kappa shape index (κ3) is 5.79. The van der Waals surface area contributed by atoms with E-state index in [1.165, 1.54) is 5.57 Å². The Bertz CT molecular complexity index is 795. The van der Waals surface area contributed by atoms with Gasteiger partial charge in [0.05, 0.1) is 16.1 Å². The van der Waals surface area contributed by atoms with Gasteiger partial charge in [-0.2, -0.15) is 0 Å². The fourth-order valence-electron chi connectivity index (χ4n) is 3.58. The number of hydrogen-bond acceptors (Lipinski definition) is 6. The van der Waals surface area contributed by atoms with Crippen LogP contribution in [0, 0.1) is 0 Å². The predicted octanol–water partition coefficient (Wildman–Crippen LogP) is 3.52. The number of allylic oxidation sites excluding steroid dienone is 5. The molecule has 1 fully saturated rings. The first-order chi connectivity index (χ1) is 14.0. The summed E-state index contributed by atoms with van der Waals surface area (Å²) in [7, 11) is 0. The first-order valence-corrected chi connectivity index (χ1v) is 11.6. The molecular formula is C22H31ClN4OS. The molecule has 3 heterocycles. The predicted molar refractivity (Wildman–Crippen MR) is 125 cm³/mol. The Kier molecular flexibility index (Phi) is 8.07. The van der Waals surface area contributed by atoms with E-state index in [9.17, 15) is 5.11 Å². The summed E-state index contributed by atoms with van der Waals surface area (Å²) in [4.78, 5) is 7.46. The lowest BCUT2D eigenvalue weighted by molar-refractivity contribution is 0.223. The van der Waals surface area contributed by atoms with Crippen LogP contribution >= 0.6 is 23.4 Å². The van der Waals surface area contributed by atoms with Gasteiger partial charge in [0.2, 0.25) is 0 Å². The number of thioether (sulfide) groups is 1. The number of aliphatic hydroxyl groups is 1. The van der Waals surface area contributed by atoms with Crippen molar-refractivity contribution in [2.75, 3.05) is 32.0 Å². The Morgan fingerprint density at radius 2 is 2.24 bits per heavy atom. The van der Waals surface area contributed by atoms with Gasteiger partial charge in [0.15, 0.2) is 0 Å². The molecule has 0 aromatic carbocycles. The van der Waals surface area contributed by atoms with Crippen molar-refractivity contribution in [3.05, 3.63) is 57.9 Å². The van der Waals surface area contributed by atoms with Gasteiger partial charge in [0, 0.05) is 49.3 Å². The molecule has 5 nitrogen and oxygen atoms in total. The number of piperazine rings is 1. The standard InChI is InChI=1S/C22H31ClN4OS/c1-4-5-17(23)6-7-20-16(3)25-22-19(12-15(2)14-29-22)21(26-20)27-10-9-24-18(13-27)8-11-28/h4-7,12,17-18,24-25,28H,8-11,13-14H2,1-3H3/b5-4-,7-6?. The van der Waals surface area contributed by atoms with Gasteiger partial charge in [-0.15, -0.1) is 23.4 Å². The molecule has 0 bridgehead atoms. The lowest BCUT2D eigenvalue weighted by Crippen LogP contribution is -2.53. The van der Waals surface area contributed by atoms with Crippen LogP contribution in [0.5, 0.6) is 0 Å². The van der Waals surface area contributed by atoms with E-state index >= 15 is 0 Å². The Morgan fingerprint density at radius 3 is 3.00 bits per heavy atom. The van der Waals surface area contributed by atoms with E-state index < -0.39 is 0 Å². The molecule has 0 aromatic heterocycles. The summed E-state index contributed by atoms with van der Waals surface area (Å²) in [5.41, 5.74) is 4.42. The second-order valence-electron chi connectivity index (χ2n) is 7.53. The smallest absolute Gasteiger partial charge is 0.139 e. The first kappa shape index (κ1) is 22.2. The minimum atomic E-state index is -0.158. The fraction of sp³-hybridized carbons (Fsp3) is 0.500. The van der Waals surface area contributed by atoms with Crippen LogP contribution in [-0.4, -0.2) is 59.3 Å². The number of hydrogen-bond donors (Lipinski definition) is 3. The van der Waals surface area contributed by atoms with Crippen LogP contribution in [0.3, 0.4) is 0 Å². The Hall–Kier alpha value is -1.47. The average Bonchev–Trinajstić information content (AvgIpc) is 2.83. The fourth-order valence-corrected chi connectivity index (χ4v) is 4.79. The summed E-state index contributed by atoms with van der Waals surface area (Å²) in [5, 5.41) is 17.4. The van der Waals surface area contributed by atoms with Crippen LogP contribution < -0.4 is 10.6 Å². The largest absolute Gasteiger partial charge is 0.396 e. The minimum Gasteiger partial charge on any atom is -0.396 e. The third-order valence-corrected chi connectivity index (χ3v) is 6.58. The van der Waals surface area contributed by atoms with Crippen molar-refractivity contribution in [3.63, 3.8) is 0 Å². The van der Waals surface area contributed by atoms with E-state index in [1.54, 1.807) is 0 Å². The monoisotopic (exact) mass is 434 g/mol. The van der Waals surface area contributed by atoms with Crippen molar-refractivity contribution < 1.29 is 5.11 Å². The summed E-state index contributed by atoms with van der Waals surface area (Å²) in [6.45, 7) is 9.00. The second-order valence-corrected chi connectivity index (χ2v) is 9.02. The molecule has 2 atom stereocenters. The maximum absolute atomic E-state index is 9.37. The topological polar surface area (TPSA) is 59.9 Å². The highest BCUT2D eigenvalue weighted by Crippen LogP contribution is 2.32. The Balaban J connectivity index is 1.98. The number of nitrogens with one attached hydrogen (secondary N) is 2. The van der Waals surface area contributed by atoms with Gasteiger partial charge in [0.25, 0.3) is 0 Å². The first-order valence-electron chi connectivity index (χ1n) is 10.2. The zero-order valence-electron chi connectivity index (χ0n) is 17.4. The van der Waals surface area contributed by atoms with Gasteiger partial charge in [-0.25, -0.2) is 4.99 Å². The Labute approximate surface area is 183 Å². The van der Waals surface area contributed by atoms with Gasteiger partial charge < -0.3 is 20.6 Å². The van der Waals surface area contributed by atoms with Crippen molar-refractivity contribution in [2.45, 2.75) is 38.6 Å². The van der Waals surface area contributed by atoms with Crippen LogP contribution in [-0.2, 0) is 0 Å². The molecule has 29 heavy (non-hydrogen) atoms. The number of rotatable bonds is 5. The molecule has 0 spiro atoms. The van der Waals surface area contributed by atoms with E-state index in [1.807, 2.05) is 43.0 Å². The number of alkyl halides is 1. The zero-order valence-corrected chi connectivity index (χ0v) is 19.0. The highest BCUT2D eigenvalue weighted by atomic mass is 35.5. The molecule has 2 unspecified atom stereocenters. The minimum absolute atomic E-state index is 0.158. The lowest BCUT2D eigenvalue weighted by atomic mass is 10.1. The average molecular weight is 435 g/mol. The lowest BCUT2D eigenvalue weighted by Gasteiger charge is -2.36. The molecule has 7 heteroatoms. The van der Waals surface area contributed by atoms with E-state index in [0.717, 1.165) is 59.6 Å². The highest BCUT2D eigenvalue weighted by Gasteiger charge is 2.28. The summed E-state index contributed by atoms with van der Waals surface area (Å²) < 4.78 is 0. The van der Waals surface area contributed by atoms with Crippen molar-refractivity contribution in [2.24, 2.45) is 4.99 Å². The molecule has 3 rings (SSSR count). The summed E-state index contributed by atoms with van der Waals surface area (Å²) in [6, 6.07) is 0.268. The summed E-state index contributed by atoms with van der Waals surface area (Å²) in [6.07, 6.45) is 10.9. The molecule has 0 aliphatic carbocycles. The molecule has 0 radical (unpaired) electrons. The third-order valence-electron chi connectivity index (χ3n) is 5.08. The van der Waals surface area contributed by atoms with Crippen molar-refractivity contribution in [1.29, 1.82) is 0 Å². The van der Waals surface area contributed by atoms with Gasteiger partial charge in [-0.1, -0.05) is 23.8 Å². The zero-order chi connectivity index (χ0) is 20.8. The maximum atomic E-state index is 9.37. The van der Waals surface area contributed by atoms with Gasteiger partial charge in [-0.05, 0) is 39.3 Å². The van der Waals surface area contributed by atoms with E-state index in [4.69, 9.17) is 16.6 Å². The van der Waals surface area contributed by atoms with Crippen LogP contribution in [0.25, 0.3) is 0 Å². The Morgan fingerprint density at radius 1 is 1.41 bits per heavy atom. The van der Waals surface area contributed by atoms with Crippen LogP contribution in [0.1, 0.15) is 27.2 Å².